The summed E-state index contributed by atoms with van der Waals surface area (Å²) in [5.74, 6) is 2.60. The second-order valence-corrected chi connectivity index (χ2v) is 7.47. The van der Waals surface area contributed by atoms with E-state index in [1.807, 2.05) is 61.6 Å². The highest BCUT2D eigenvalue weighted by molar-refractivity contribution is 5.93. The van der Waals surface area contributed by atoms with Crippen LogP contribution in [0.5, 0.6) is 0 Å². The number of nitrogens with one attached hydrogen (secondary N) is 4. The lowest BCUT2D eigenvalue weighted by Crippen LogP contribution is -2.40. The minimum Gasteiger partial charge on any atom is -0.370 e. The Labute approximate surface area is 179 Å². The van der Waals surface area contributed by atoms with Crippen molar-refractivity contribution in [3.63, 3.8) is 0 Å². The number of aryl methyl sites for hydroxylation is 1. The standard InChI is InChI=1S/C23H22N8/c1-30-21(8-10-28-30)29-20-12-16(7-9-26-20)17-11-19(24)31-22(13-17)27-14-18(23(31)25)15-5-3-2-4-6-15/h2-13,18,24-25,27H,14H2,1H3,(H,26,29). The Morgan fingerprint density at radius 1 is 1.00 bits per heavy atom. The molecule has 0 aliphatic carbocycles. The van der Waals surface area contributed by atoms with Gasteiger partial charge in [0.2, 0.25) is 0 Å². The van der Waals surface area contributed by atoms with Crippen molar-refractivity contribution in [1.29, 1.82) is 10.8 Å². The maximum atomic E-state index is 8.72. The Bertz CT molecular complexity index is 1320. The van der Waals surface area contributed by atoms with Gasteiger partial charge in [-0.2, -0.15) is 5.10 Å². The van der Waals surface area contributed by atoms with Crippen LogP contribution in [0.1, 0.15) is 11.5 Å². The molecule has 4 heterocycles. The van der Waals surface area contributed by atoms with Gasteiger partial charge < -0.3 is 10.6 Å². The van der Waals surface area contributed by atoms with Gasteiger partial charge in [0, 0.05) is 25.9 Å². The molecule has 8 nitrogen and oxygen atoms in total. The molecule has 0 amide bonds. The van der Waals surface area contributed by atoms with Gasteiger partial charge in [-0.25, -0.2) is 4.98 Å². The Kier molecular flexibility index (Phi) is 4.59. The molecule has 3 aromatic heterocycles. The zero-order chi connectivity index (χ0) is 21.4. The Hall–Kier alpha value is -4.20. The molecule has 8 heteroatoms. The van der Waals surface area contributed by atoms with E-state index in [0.717, 1.165) is 28.3 Å². The van der Waals surface area contributed by atoms with E-state index >= 15 is 0 Å². The first-order valence-electron chi connectivity index (χ1n) is 10.0. The van der Waals surface area contributed by atoms with Crippen molar-refractivity contribution in [3.8, 4) is 11.1 Å². The van der Waals surface area contributed by atoms with Crippen molar-refractivity contribution in [2.24, 2.45) is 7.05 Å². The van der Waals surface area contributed by atoms with Crippen molar-refractivity contribution in [1.82, 2.24) is 19.3 Å². The lowest BCUT2D eigenvalue weighted by molar-refractivity contribution is 0.776. The van der Waals surface area contributed by atoms with E-state index in [1.54, 1.807) is 27.7 Å². The lowest BCUT2D eigenvalue weighted by Gasteiger charge is -2.29. The van der Waals surface area contributed by atoms with E-state index < -0.39 is 0 Å². The van der Waals surface area contributed by atoms with Gasteiger partial charge in [0.1, 0.15) is 28.8 Å². The molecule has 1 aliphatic rings. The van der Waals surface area contributed by atoms with Gasteiger partial charge in [0.05, 0.1) is 12.1 Å². The summed E-state index contributed by atoms with van der Waals surface area (Å²) in [7, 11) is 1.86. The van der Waals surface area contributed by atoms with Crippen LogP contribution in [-0.4, -0.2) is 31.7 Å². The largest absolute Gasteiger partial charge is 0.370 e. The van der Waals surface area contributed by atoms with Crippen LogP contribution in [-0.2, 0) is 7.05 Å². The highest BCUT2D eigenvalue weighted by atomic mass is 15.3. The minimum atomic E-state index is -0.0933. The molecular formula is C23H22N8. The molecule has 0 bridgehead atoms. The lowest BCUT2D eigenvalue weighted by atomic mass is 9.95. The smallest absolute Gasteiger partial charge is 0.132 e. The highest BCUT2D eigenvalue weighted by Crippen LogP contribution is 2.28. The highest BCUT2D eigenvalue weighted by Gasteiger charge is 2.25. The molecule has 4 N–H and O–H groups in total. The molecule has 0 spiro atoms. The normalized spacial score (nSPS) is 15.3. The van der Waals surface area contributed by atoms with Gasteiger partial charge in [-0.1, -0.05) is 30.3 Å². The van der Waals surface area contributed by atoms with E-state index in [1.165, 1.54) is 0 Å². The summed E-state index contributed by atoms with van der Waals surface area (Å²) in [6.07, 6.45) is 3.47. The summed E-state index contributed by atoms with van der Waals surface area (Å²) in [4.78, 5) is 4.39. The number of hydrogen-bond donors (Lipinski definition) is 4. The molecular weight excluding hydrogens is 388 g/mol. The summed E-state index contributed by atoms with van der Waals surface area (Å²) in [5.41, 5.74) is 3.17. The zero-order valence-corrected chi connectivity index (χ0v) is 17.0. The van der Waals surface area contributed by atoms with Gasteiger partial charge in [-0.05, 0) is 41.0 Å². The molecule has 4 aromatic rings. The van der Waals surface area contributed by atoms with Gasteiger partial charge in [0.25, 0.3) is 0 Å². The fraction of sp³-hybridized carbons (Fsp3) is 0.130. The third-order valence-corrected chi connectivity index (χ3v) is 5.50. The summed E-state index contributed by atoms with van der Waals surface area (Å²) < 4.78 is 3.41. The predicted molar refractivity (Wildman–Crippen MR) is 121 cm³/mol. The average molecular weight is 410 g/mol. The first kappa shape index (κ1) is 18.8. The number of anilines is 3. The third kappa shape index (κ3) is 3.48. The molecule has 1 unspecified atom stereocenters. The zero-order valence-electron chi connectivity index (χ0n) is 17.0. The van der Waals surface area contributed by atoms with Crippen LogP contribution in [0.25, 0.3) is 11.1 Å². The monoisotopic (exact) mass is 410 g/mol. The van der Waals surface area contributed by atoms with Crippen LogP contribution in [0.4, 0.5) is 17.5 Å². The fourth-order valence-electron chi connectivity index (χ4n) is 3.88. The van der Waals surface area contributed by atoms with Crippen molar-refractivity contribution < 1.29 is 0 Å². The first-order chi connectivity index (χ1) is 15.1. The van der Waals surface area contributed by atoms with E-state index in [9.17, 15) is 0 Å². The first-order valence-corrected chi connectivity index (χ1v) is 10.0. The van der Waals surface area contributed by atoms with Crippen molar-refractivity contribution >= 4 is 23.3 Å². The number of hydrogen-bond acceptors (Lipinski definition) is 6. The van der Waals surface area contributed by atoms with E-state index in [-0.39, 0.29) is 11.4 Å². The molecule has 5 rings (SSSR count). The Morgan fingerprint density at radius 3 is 2.61 bits per heavy atom. The number of fused-ring (bicyclic) bond motifs is 1. The van der Waals surface area contributed by atoms with Gasteiger partial charge in [0.15, 0.2) is 0 Å². The van der Waals surface area contributed by atoms with Crippen LogP contribution < -0.4 is 16.1 Å². The molecule has 0 fully saturated rings. The van der Waals surface area contributed by atoms with Crippen LogP contribution in [0, 0.1) is 10.8 Å². The maximum absolute atomic E-state index is 8.72. The van der Waals surface area contributed by atoms with E-state index in [4.69, 9.17) is 10.8 Å². The third-order valence-electron chi connectivity index (χ3n) is 5.50. The van der Waals surface area contributed by atoms with E-state index in [0.29, 0.717) is 18.2 Å². The molecule has 1 atom stereocenters. The molecule has 1 aliphatic heterocycles. The van der Waals surface area contributed by atoms with Crippen LogP contribution >= 0.6 is 0 Å². The molecule has 31 heavy (non-hydrogen) atoms. The Morgan fingerprint density at radius 2 is 1.84 bits per heavy atom. The second kappa shape index (κ2) is 7.56. The summed E-state index contributed by atoms with van der Waals surface area (Å²) in [6.45, 7) is 0.620. The van der Waals surface area contributed by atoms with Crippen molar-refractivity contribution in [2.75, 3.05) is 17.2 Å². The fourth-order valence-corrected chi connectivity index (χ4v) is 3.88. The predicted octanol–water partition coefficient (Wildman–Crippen LogP) is 3.54. The maximum Gasteiger partial charge on any atom is 0.132 e. The van der Waals surface area contributed by atoms with E-state index in [2.05, 4.69) is 20.7 Å². The van der Waals surface area contributed by atoms with Crippen molar-refractivity contribution in [3.05, 3.63) is 84.1 Å². The summed E-state index contributed by atoms with van der Waals surface area (Å²) >= 11 is 0. The number of benzene rings is 1. The summed E-state index contributed by atoms with van der Waals surface area (Å²) in [6, 6.07) is 19.5. The minimum absolute atomic E-state index is 0.0933. The number of pyridine rings is 2. The van der Waals surface area contributed by atoms with Gasteiger partial charge in [-0.15, -0.1) is 0 Å². The van der Waals surface area contributed by atoms with Crippen LogP contribution in [0.2, 0.25) is 0 Å². The number of rotatable bonds is 4. The quantitative estimate of drug-likeness (QED) is 0.413. The second-order valence-electron chi connectivity index (χ2n) is 7.47. The number of nitrogens with zero attached hydrogens (tertiary/aromatic N) is 4. The topological polar surface area (TPSA) is 107 Å². The van der Waals surface area contributed by atoms with Gasteiger partial charge >= 0.3 is 0 Å². The molecule has 154 valence electrons. The van der Waals surface area contributed by atoms with Crippen molar-refractivity contribution in [2.45, 2.75) is 5.92 Å². The number of aromatic nitrogens is 4. The molecule has 0 radical (unpaired) electrons. The molecule has 1 aromatic carbocycles. The van der Waals surface area contributed by atoms with Crippen LogP contribution in [0.3, 0.4) is 0 Å². The van der Waals surface area contributed by atoms with Crippen LogP contribution in [0.15, 0.2) is 73.1 Å². The van der Waals surface area contributed by atoms with Gasteiger partial charge in [-0.3, -0.25) is 20.1 Å². The average Bonchev–Trinajstić information content (AvgIpc) is 3.18. The molecule has 0 saturated carbocycles. The Balaban J connectivity index is 1.48. The summed E-state index contributed by atoms with van der Waals surface area (Å²) in [5, 5.41) is 28.1. The molecule has 0 saturated heterocycles. The SMILES string of the molecule is Cn1nccc1Nc1cc(-c2cc3n(c(=N)c2)C(=N)C(c2ccccc2)CN3)ccn1.